The Bertz CT molecular complexity index is 422. The number of halogens is 5. The van der Waals surface area contributed by atoms with Crippen molar-refractivity contribution in [3.63, 3.8) is 0 Å². The molecule has 1 rings (SSSR count). The van der Waals surface area contributed by atoms with E-state index < -0.39 is 35.1 Å². The fourth-order valence-corrected chi connectivity index (χ4v) is 0.967. The van der Waals surface area contributed by atoms with E-state index in [0.29, 0.717) is 0 Å². The number of nitrogens with one attached hydrogen (secondary N) is 1. The first-order valence-corrected chi connectivity index (χ1v) is 3.61. The van der Waals surface area contributed by atoms with Gasteiger partial charge in [0.2, 0.25) is 0 Å². The van der Waals surface area contributed by atoms with Gasteiger partial charge >= 0.3 is 6.18 Å². The fourth-order valence-electron chi connectivity index (χ4n) is 0.967. The summed E-state index contributed by atoms with van der Waals surface area (Å²) in [5.41, 5.74) is -0.129. The molecule has 0 radical (unpaired) electrons. The van der Waals surface area contributed by atoms with E-state index in [9.17, 15) is 26.7 Å². The van der Waals surface area contributed by atoms with Crippen LogP contribution in [0.3, 0.4) is 0 Å². The van der Waals surface area contributed by atoms with Crippen molar-refractivity contribution in [3.05, 3.63) is 27.7 Å². The molecule has 8 heteroatoms. The van der Waals surface area contributed by atoms with Crippen molar-refractivity contribution in [1.82, 2.24) is 4.98 Å². The van der Waals surface area contributed by atoms with Gasteiger partial charge in [0, 0.05) is 0 Å². The quantitative estimate of drug-likeness (QED) is 0.721. The maximum atomic E-state index is 12.2. The third-order valence-corrected chi connectivity index (χ3v) is 1.62. The lowest BCUT2D eigenvalue weighted by Crippen LogP contribution is -2.20. The zero-order valence-corrected chi connectivity index (χ0v) is 7.03. The fraction of sp³-hybridized carbons (Fsp3) is 0.286. The van der Waals surface area contributed by atoms with Crippen LogP contribution in [0.1, 0.15) is 17.7 Å². The van der Waals surface area contributed by atoms with Crippen LogP contribution in [0.15, 0.2) is 10.9 Å². The van der Waals surface area contributed by atoms with Gasteiger partial charge in [-0.2, -0.15) is 13.2 Å². The second kappa shape index (κ2) is 3.52. The maximum Gasteiger partial charge on any atom is 0.418 e. The van der Waals surface area contributed by atoms with E-state index in [0.717, 1.165) is 0 Å². The van der Waals surface area contributed by atoms with Crippen LogP contribution in [0, 0.1) is 0 Å². The molecule has 0 saturated heterocycles. The first-order chi connectivity index (χ1) is 6.73. The number of hydrogen-bond acceptors (Lipinski definition) is 2. The summed E-state index contributed by atoms with van der Waals surface area (Å²) in [6.45, 7) is 0. The minimum atomic E-state index is -4.98. The Morgan fingerprint density at radius 1 is 1.33 bits per heavy atom. The highest BCUT2D eigenvalue weighted by atomic mass is 19.4. The molecule has 1 aromatic rings. The second-order valence-electron chi connectivity index (χ2n) is 2.68. The summed E-state index contributed by atoms with van der Waals surface area (Å²) in [4.78, 5) is 12.1. The molecule has 3 nitrogen and oxygen atoms in total. The summed E-state index contributed by atoms with van der Waals surface area (Å²) >= 11 is 0. The number of H-pyrrole nitrogens is 1. The highest BCUT2D eigenvalue weighted by Gasteiger charge is 2.36. The van der Waals surface area contributed by atoms with Crippen molar-refractivity contribution in [1.29, 1.82) is 0 Å². The van der Waals surface area contributed by atoms with E-state index in [1.54, 1.807) is 0 Å². The first kappa shape index (κ1) is 11.5. The van der Waals surface area contributed by atoms with Crippen LogP contribution >= 0.6 is 0 Å². The molecular formula is C7H5F5N2O. The predicted octanol–water partition coefficient (Wildman–Crippen LogP) is 1.91. The standard InChI is InChI=1S/C7H5F5N2O/c8-5(9)4-2(7(10,11)12)1-3(13)6(15)14-4/h1,5H,13H2,(H,14,15). The van der Waals surface area contributed by atoms with E-state index in [2.05, 4.69) is 0 Å². The molecule has 0 saturated carbocycles. The van der Waals surface area contributed by atoms with Gasteiger partial charge in [-0.15, -0.1) is 0 Å². The summed E-state index contributed by atoms with van der Waals surface area (Å²) < 4.78 is 60.9. The van der Waals surface area contributed by atoms with Gasteiger partial charge in [0.25, 0.3) is 12.0 Å². The largest absolute Gasteiger partial charge is 0.418 e. The summed E-state index contributed by atoms with van der Waals surface area (Å²) in [6.07, 6.45) is -8.40. The topological polar surface area (TPSA) is 58.9 Å². The average molecular weight is 228 g/mol. The van der Waals surface area contributed by atoms with Gasteiger partial charge < -0.3 is 10.7 Å². The van der Waals surface area contributed by atoms with E-state index in [1.165, 1.54) is 4.98 Å². The van der Waals surface area contributed by atoms with E-state index in [-0.39, 0.29) is 6.07 Å². The van der Waals surface area contributed by atoms with Crippen molar-refractivity contribution < 1.29 is 22.0 Å². The lowest BCUT2D eigenvalue weighted by atomic mass is 10.1. The molecule has 0 aromatic carbocycles. The summed E-state index contributed by atoms with van der Waals surface area (Å²) in [7, 11) is 0. The van der Waals surface area contributed by atoms with Crippen molar-refractivity contribution in [3.8, 4) is 0 Å². The lowest BCUT2D eigenvalue weighted by Gasteiger charge is -2.12. The molecule has 3 N–H and O–H groups in total. The Morgan fingerprint density at radius 3 is 2.27 bits per heavy atom. The van der Waals surface area contributed by atoms with Crippen LogP contribution in [-0.4, -0.2) is 4.98 Å². The number of anilines is 1. The molecule has 84 valence electrons. The predicted molar refractivity (Wildman–Crippen MR) is 41.4 cm³/mol. The Kier molecular flexibility index (Phi) is 2.69. The normalized spacial score (nSPS) is 12.1. The van der Waals surface area contributed by atoms with E-state index in [4.69, 9.17) is 5.73 Å². The van der Waals surface area contributed by atoms with Crippen LogP contribution in [0.2, 0.25) is 0 Å². The van der Waals surface area contributed by atoms with Crippen molar-refractivity contribution in [2.24, 2.45) is 0 Å². The Morgan fingerprint density at radius 2 is 1.87 bits per heavy atom. The molecule has 15 heavy (non-hydrogen) atoms. The molecule has 0 fully saturated rings. The monoisotopic (exact) mass is 228 g/mol. The molecular weight excluding hydrogens is 223 g/mol. The van der Waals surface area contributed by atoms with Crippen LogP contribution in [0.25, 0.3) is 0 Å². The van der Waals surface area contributed by atoms with Gasteiger partial charge in [-0.3, -0.25) is 4.79 Å². The SMILES string of the molecule is Nc1cc(C(F)(F)F)c(C(F)F)[nH]c1=O. The Labute approximate surface area is 79.7 Å². The number of hydrogen-bond donors (Lipinski definition) is 2. The lowest BCUT2D eigenvalue weighted by molar-refractivity contribution is -0.139. The van der Waals surface area contributed by atoms with Crippen LogP contribution < -0.4 is 11.3 Å². The first-order valence-electron chi connectivity index (χ1n) is 3.61. The molecule has 0 aliphatic heterocycles. The number of alkyl halides is 5. The molecule has 0 bridgehead atoms. The molecule has 0 aliphatic carbocycles. The van der Waals surface area contributed by atoms with Gasteiger partial charge in [-0.25, -0.2) is 8.78 Å². The Hall–Kier alpha value is -1.60. The highest BCUT2D eigenvalue weighted by Crippen LogP contribution is 2.35. The van der Waals surface area contributed by atoms with Gasteiger partial charge in [0.15, 0.2) is 0 Å². The third kappa shape index (κ3) is 2.25. The maximum absolute atomic E-state index is 12.2. The summed E-state index contributed by atoms with van der Waals surface area (Å²) in [5, 5.41) is 0. The van der Waals surface area contributed by atoms with Crippen LogP contribution in [0.5, 0.6) is 0 Å². The molecule has 1 heterocycles. The molecule has 1 aromatic heterocycles. The zero-order valence-electron chi connectivity index (χ0n) is 7.03. The molecule has 0 atom stereocenters. The minimum absolute atomic E-state index is 0.195. The van der Waals surface area contributed by atoms with E-state index >= 15 is 0 Å². The van der Waals surface area contributed by atoms with Crippen LogP contribution in [0.4, 0.5) is 27.6 Å². The zero-order chi connectivity index (χ0) is 11.8. The highest BCUT2D eigenvalue weighted by molar-refractivity contribution is 5.41. The Balaban J connectivity index is 3.49. The third-order valence-electron chi connectivity index (χ3n) is 1.62. The number of aromatic nitrogens is 1. The second-order valence-corrected chi connectivity index (χ2v) is 2.68. The molecule has 0 aliphatic rings. The van der Waals surface area contributed by atoms with Gasteiger partial charge in [-0.1, -0.05) is 0 Å². The van der Waals surface area contributed by atoms with Crippen molar-refractivity contribution >= 4 is 5.69 Å². The van der Waals surface area contributed by atoms with Crippen molar-refractivity contribution in [2.45, 2.75) is 12.6 Å². The summed E-state index contributed by atoms with van der Waals surface area (Å²) in [6, 6.07) is 0.195. The number of aromatic amines is 1. The van der Waals surface area contributed by atoms with Crippen LogP contribution in [-0.2, 0) is 6.18 Å². The van der Waals surface area contributed by atoms with Gasteiger partial charge in [0.05, 0.1) is 16.9 Å². The molecule has 0 amide bonds. The minimum Gasteiger partial charge on any atom is -0.394 e. The number of pyridine rings is 1. The molecule has 0 spiro atoms. The number of rotatable bonds is 1. The van der Waals surface area contributed by atoms with Gasteiger partial charge in [0.1, 0.15) is 0 Å². The van der Waals surface area contributed by atoms with E-state index in [1.807, 2.05) is 0 Å². The average Bonchev–Trinajstić information content (AvgIpc) is 2.06. The van der Waals surface area contributed by atoms with Crippen molar-refractivity contribution in [2.75, 3.05) is 5.73 Å². The summed E-state index contributed by atoms with van der Waals surface area (Å²) in [5.74, 6) is 0. The number of nitrogens with two attached hydrogens (primary N) is 1. The number of nitrogen functional groups attached to an aromatic ring is 1. The van der Waals surface area contributed by atoms with Gasteiger partial charge in [-0.05, 0) is 6.07 Å². The smallest absolute Gasteiger partial charge is 0.394 e. The molecule has 0 unspecified atom stereocenters.